The molecule has 0 aromatic heterocycles. The highest BCUT2D eigenvalue weighted by molar-refractivity contribution is 14.1. The molecule has 2 saturated heterocycles. The third-order valence-corrected chi connectivity index (χ3v) is 4.75. The summed E-state index contributed by atoms with van der Waals surface area (Å²) in [5, 5.41) is 0. The second-order valence-corrected chi connectivity index (χ2v) is 5.49. The van der Waals surface area contributed by atoms with Crippen LogP contribution in [0.5, 0.6) is 0 Å². The Hall–Kier alpha value is 0.610. The van der Waals surface area contributed by atoms with Crippen molar-refractivity contribution in [1.29, 1.82) is 0 Å². The van der Waals surface area contributed by atoms with Gasteiger partial charge in [-0.15, -0.1) is 0 Å². The van der Waals surface area contributed by atoms with Crippen LogP contribution in [0.1, 0.15) is 12.8 Å². The van der Waals surface area contributed by atoms with Gasteiger partial charge in [-0.25, -0.2) is 0 Å². The van der Waals surface area contributed by atoms with Crippen molar-refractivity contribution in [1.82, 2.24) is 14.7 Å². The van der Waals surface area contributed by atoms with Crippen molar-refractivity contribution in [3.8, 4) is 0 Å². The largest absolute Gasteiger partial charge is 0.306 e. The maximum Gasteiger partial charge on any atom is 0.0506 e. The highest BCUT2D eigenvalue weighted by Gasteiger charge is 2.25. The van der Waals surface area contributed by atoms with Crippen molar-refractivity contribution in [2.24, 2.45) is 0 Å². The van der Waals surface area contributed by atoms with Gasteiger partial charge < -0.3 is 4.90 Å². The van der Waals surface area contributed by atoms with E-state index in [0.29, 0.717) is 0 Å². The van der Waals surface area contributed by atoms with Gasteiger partial charge in [-0.2, -0.15) is 0 Å². The Morgan fingerprint density at radius 1 is 1.00 bits per heavy atom. The molecule has 0 aliphatic carbocycles. The number of rotatable bonds is 2. The van der Waals surface area contributed by atoms with Crippen LogP contribution in [0, 0.1) is 0 Å². The molecular weight excluding hydrogens is 301 g/mol. The van der Waals surface area contributed by atoms with Gasteiger partial charge in [0.2, 0.25) is 0 Å². The summed E-state index contributed by atoms with van der Waals surface area (Å²) in [5.74, 6) is 0. The van der Waals surface area contributed by atoms with E-state index in [9.17, 15) is 0 Å². The molecular formula is C11H22IN3. The first-order valence-corrected chi connectivity index (χ1v) is 7.53. The Labute approximate surface area is 107 Å². The van der Waals surface area contributed by atoms with Crippen molar-refractivity contribution >= 4 is 22.6 Å². The van der Waals surface area contributed by atoms with E-state index in [1.54, 1.807) is 0 Å². The predicted octanol–water partition coefficient (Wildman–Crippen LogP) is 1.09. The van der Waals surface area contributed by atoms with Crippen LogP contribution in [0.2, 0.25) is 0 Å². The Kier molecular flexibility index (Phi) is 4.67. The molecule has 0 saturated carbocycles. The van der Waals surface area contributed by atoms with Crippen LogP contribution < -0.4 is 0 Å². The summed E-state index contributed by atoms with van der Waals surface area (Å²) in [6.45, 7) is 7.70. The summed E-state index contributed by atoms with van der Waals surface area (Å²) in [5.41, 5.74) is 0. The fraction of sp³-hybridized carbons (Fsp3) is 1.00. The zero-order valence-electron chi connectivity index (χ0n) is 9.66. The molecule has 15 heavy (non-hydrogen) atoms. The molecule has 88 valence electrons. The molecule has 2 heterocycles. The molecule has 0 atom stereocenters. The number of likely N-dealkylation sites (tertiary alicyclic amines) is 1. The molecule has 2 fully saturated rings. The summed E-state index contributed by atoms with van der Waals surface area (Å²) in [6, 6.07) is 0.873. The van der Waals surface area contributed by atoms with Crippen LogP contribution in [0.25, 0.3) is 0 Å². The Bertz CT molecular complexity index is 184. The van der Waals surface area contributed by atoms with Crippen molar-refractivity contribution in [3.63, 3.8) is 0 Å². The minimum atomic E-state index is 0.873. The monoisotopic (exact) mass is 323 g/mol. The minimum Gasteiger partial charge on any atom is -0.306 e. The molecule has 3 nitrogen and oxygen atoms in total. The van der Waals surface area contributed by atoms with Crippen LogP contribution in [-0.2, 0) is 0 Å². The molecule has 0 amide bonds. The number of nitrogens with zero attached hydrogens (tertiary/aromatic N) is 3. The smallest absolute Gasteiger partial charge is 0.0506 e. The van der Waals surface area contributed by atoms with Crippen LogP contribution in [0.15, 0.2) is 0 Å². The molecule has 2 aliphatic heterocycles. The lowest BCUT2D eigenvalue weighted by Gasteiger charge is -2.41. The first-order valence-electron chi connectivity index (χ1n) is 6.00. The minimum absolute atomic E-state index is 0.873. The topological polar surface area (TPSA) is 9.72 Å². The van der Waals surface area contributed by atoms with Crippen LogP contribution in [0.4, 0.5) is 0 Å². The van der Waals surface area contributed by atoms with Crippen molar-refractivity contribution < 1.29 is 0 Å². The molecule has 0 aromatic carbocycles. The highest BCUT2D eigenvalue weighted by Crippen LogP contribution is 2.17. The third-order valence-electron chi connectivity index (χ3n) is 3.78. The van der Waals surface area contributed by atoms with E-state index in [-0.39, 0.29) is 0 Å². The van der Waals surface area contributed by atoms with E-state index in [2.05, 4.69) is 44.3 Å². The van der Waals surface area contributed by atoms with Crippen molar-refractivity contribution in [2.45, 2.75) is 18.9 Å². The van der Waals surface area contributed by atoms with Gasteiger partial charge in [0.05, 0.1) is 4.55 Å². The summed E-state index contributed by atoms with van der Waals surface area (Å²) >= 11 is 2.47. The molecule has 0 aromatic rings. The van der Waals surface area contributed by atoms with E-state index in [1.807, 2.05) is 0 Å². The maximum absolute atomic E-state index is 2.72. The Morgan fingerprint density at radius 2 is 1.60 bits per heavy atom. The lowest BCUT2D eigenvalue weighted by Crippen LogP contribution is -2.52. The van der Waals surface area contributed by atoms with E-state index in [1.165, 1.54) is 56.7 Å². The zero-order chi connectivity index (χ0) is 10.7. The third kappa shape index (κ3) is 3.28. The molecule has 0 N–H and O–H groups in total. The summed E-state index contributed by atoms with van der Waals surface area (Å²) < 4.78 is 1.19. The quantitative estimate of drug-likeness (QED) is 0.428. The number of halogens is 1. The van der Waals surface area contributed by atoms with Gasteiger partial charge in [-0.05, 0) is 33.0 Å². The van der Waals surface area contributed by atoms with Gasteiger partial charge in [0.25, 0.3) is 0 Å². The average Bonchev–Trinajstić information content (AvgIpc) is 2.30. The summed E-state index contributed by atoms with van der Waals surface area (Å²) in [4.78, 5) is 7.72. The molecule has 0 unspecified atom stereocenters. The van der Waals surface area contributed by atoms with Crippen LogP contribution in [-0.4, -0.2) is 71.6 Å². The van der Waals surface area contributed by atoms with Gasteiger partial charge in [0.1, 0.15) is 0 Å². The number of alkyl halides is 1. The van der Waals surface area contributed by atoms with Crippen LogP contribution >= 0.6 is 22.6 Å². The predicted molar refractivity (Wildman–Crippen MR) is 72.6 cm³/mol. The second kappa shape index (κ2) is 5.80. The number of piperidine rings is 1. The zero-order valence-corrected chi connectivity index (χ0v) is 11.8. The fourth-order valence-corrected chi connectivity index (χ4v) is 3.29. The first-order chi connectivity index (χ1) is 7.29. The van der Waals surface area contributed by atoms with Gasteiger partial charge in [0, 0.05) is 32.2 Å². The fourth-order valence-electron chi connectivity index (χ4n) is 2.61. The van der Waals surface area contributed by atoms with Crippen molar-refractivity contribution in [3.05, 3.63) is 0 Å². The Balaban J connectivity index is 1.75. The number of hydrogen-bond donors (Lipinski definition) is 0. The second-order valence-electron chi connectivity index (χ2n) is 4.81. The number of piperazine rings is 1. The molecule has 0 spiro atoms. The SMILES string of the molecule is CN1CCC(N2CCN(CI)CC2)CC1. The van der Waals surface area contributed by atoms with Gasteiger partial charge in [-0.1, -0.05) is 22.6 Å². The van der Waals surface area contributed by atoms with Crippen molar-refractivity contribution in [2.75, 3.05) is 50.9 Å². The summed E-state index contributed by atoms with van der Waals surface area (Å²) in [6.07, 6.45) is 2.75. The average molecular weight is 323 g/mol. The first kappa shape index (κ1) is 12.1. The van der Waals surface area contributed by atoms with E-state index in [4.69, 9.17) is 0 Å². The lowest BCUT2D eigenvalue weighted by atomic mass is 10.0. The molecule has 2 rings (SSSR count). The molecule has 2 aliphatic rings. The Morgan fingerprint density at radius 3 is 2.13 bits per heavy atom. The van der Waals surface area contributed by atoms with E-state index < -0.39 is 0 Å². The standard InChI is InChI=1S/C11H22IN3/c1-13-4-2-11(3-5-13)15-8-6-14(10-12)7-9-15/h11H,2-10H2,1H3. The molecule has 0 radical (unpaired) electrons. The summed E-state index contributed by atoms with van der Waals surface area (Å²) in [7, 11) is 2.24. The normalized spacial score (nSPS) is 28.4. The maximum atomic E-state index is 2.72. The van der Waals surface area contributed by atoms with Gasteiger partial charge in [-0.3, -0.25) is 9.80 Å². The highest BCUT2D eigenvalue weighted by atomic mass is 127. The van der Waals surface area contributed by atoms with Crippen LogP contribution in [0.3, 0.4) is 0 Å². The van der Waals surface area contributed by atoms with Gasteiger partial charge >= 0.3 is 0 Å². The van der Waals surface area contributed by atoms with E-state index >= 15 is 0 Å². The molecule has 0 bridgehead atoms. The molecule has 4 heteroatoms. The van der Waals surface area contributed by atoms with Gasteiger partial charge in [0.15, 0.2) is 0 Å². The lowest BCUT2D eigenvalue weighted by molar-refractivity contribution is 0.0732. The van der Waals surface area contributed by atoms with E-state index in [0.717, 1.165) is 6.04 Å². The number of hydrogen-bond acceptors (Lipinski definition) is 3.